The summed E-state index contributed by atoms with van der Waals surface area (Å²) in [6.07, 6.45) is -1.52. The van der Waals surface area contributed by atoms with E-state index >= 15 is 0 Å². The number of carbonyl (C=O) groups excluding carboxylic acids is 1. The minimum absolute atomic E-state index is 0.193. The van der Waals surface area contributed by atoms with E-state index in [0.29, 0.717) is 21.3 Å². The molecule has 0 aliphatic carbocycles. The smallest absolute Gasteiger partial charge is 0.450 e. The quantitative estimate of drug-likeness (QED) is 0.663. The van der Waals surface area contributed by atoms with E-state index in [9.17, 15) is 9.59 Å². The summed E-state index contributed by atoms with van der Waals surface area (Å²) >= 11 is 3.31. The van der Waals surface area contributed by atoms with Crippen LogP contribution in [0.15, 0.2) is 46.9 Å². The first-order valence-electron chi connectivity index (χ1n) is 6.21. The fraction of sp³-hybridized carbons (Fsp3) is 0.0667. The molecule has 6 nitrogen and oxygen atoms in total. The molecule has 1 aliphatic heterocycles. The van der Waals surface area contributed by atoms with Gasteiger partial charge in [0.25, 0.3) is 0 Å². The van der Waals surface area contributed by atoms with E-state index in [4.69, 9.17) is 14.6 Å². The molecule has 2 aromatic rings. The minimum Gasteiger partial charge on any atom is -0.450 e. The maximum absolute atomic E-state index is 12.5. The number of carbonyl (C=O) groups is 2. The van der Waals surface area contributed by atoms with Gasteiger partial charge in [-0.1, -0.05) is 30.3 Å². The molecular weight excluding hydrogens is 356 g/mol. The number of rotatable bonds is 3. The molecule has 22 heavy (non-hydrogen) atoms. The predicted molar refractivity (Wildman–Crippen MR) is 78.2 cm³/mol. The molecule has 1 unspecified atom stereocenters. The van der Waals surface area contributed by atoms with E-state index in [1.165, 1.54) is 12.1 Å². The second kappa shape index (κ2) is 5.69. The number of halogens is 1. The molecule has 1 N–H and O–H groups in total. The third kappa shape index (κ3) is 2.75. The maximum Gasteiger partial charge on any atom is 0.511 e. The van der Waals surface area contributed by atoms with Crippen LogP contribution in [0.1, 0.15) is 15.9 Å². The van der Waals surface area contributed by atoms with Gasteiger partial charge in [0, 0.05) is 15.6 Å². The van der Waals surface area contributed by atoms with Gasteiger partial charge >= 0.3 is 12.6 Å². The van der Waals surface area contributed by atoms with Crippen molar-refractivity contribution in [1.82, 2.24) is 0 Å². The van der Waals surface area contributed by atoms with E-state index < -0.39 is 12.6 Å². The monoisotopic (exact) mass is 364 g/mol. The summed E-state index contributed by atoms with van der Waals surface area (Å²) in [4.78, 5) is 23.0. The zero-order valence-electron chi connectivity index (χ0n) is 11.0. The molecule has 1 aliphatic rings. The highest BCUT2D eigenvalue weighted by atomic mass is 79.9. The fourth-order valence-corrected chi connectivity index (χ4v) is 2.50. The van der Waals surface area contributed by atoms with Crippen LogP contribution in [0.4, 0.5) is 4.79 Å². The molecule has 7 heteroatoms. The first kappa shape index (κ1) is 14.4. The number of hydrogen-bond acceptors (Lipinski definition) is 5. The molecule has 3 rings (SSSR count). The molecule has 0 saturated heterocycles. The Kier molecular flexibility index (Phi) is 3.72. The standard InChI is InChI=1S/C15H9BrO6/c16-10-7-12-11(20-15(21-12)22-14(18)19)6-9(10)13(17)8-4-2-1-3-5-8/h1-7,15H,(H,18,19). The van der Waals surface area contributed by atoms with E-state index in [1.807, 2.05) is 6.07 Å². The van der Waals surface area contributed by atoms with Gasteiger partial charge in [0.15, 0.2) is 17.3 Å². The predicted octanol–water partition coefficient (Wildman–Crippen LogP) is 3.43. The summed E-state index contributed by atoms with van der Waals surface area (Å²) in [5, 5.41) is 8.55. The Bertz CT molecular complexity index is 743. The summed E-state index contributed by atoms with van der Waals surface area (Å²) in [5.41, 5.74) is 0.907. The van der Waals surface area contributed by atoms with Gasteiger partial charge in [-0.05, 0) is 28.1 Å². The van der Waals surface area contributed by atoms with Crippen molar-refractivity contribution in [1.29, 1.82) is 0 Å². The number of benzene rings is 2. The Balaban J connectivity index is 1.90. The second-order valence-corrected chi connectivity index (χ2v) is 5.24. The molecule has 0 spiro atoms. The molecule has 0 aromatic heterocycles. The average Bonchev–Trinajstić information content (AvgIpc) is 2.86. The Morgan fingerprint density at radius 2 is 1.73 bits per heavy atom. The van der Waals surface area contributed by atoms with Crippen molar-refractivity contribution < 1.29 is 28.9 Å². The largest absolute Gasteiger partial charge is 0.511 e. The molecule has 112 valence electrons. The molecule has 0 fully saturated rings. The Morgan fingerprint density at radius 3 is 2.36 bits per heavy atom. The van der Waals surface area contributed by atoms with Crippen molar-refractivity contribution in [2.24, 2.45) is 0 Å². The third-order valence-corrected chi connectivity index (χ3v) is 3.61. The number of hydrogen-bond donors (Lipinski definition) is 1. The Hall–Kier alpha value is -2.54. The van der Waals surface area contributed by atoms with E-state index in [0.717, 1.165) is 0 Å². The van der Waals surface area contributed by atoms with E-state index in [1.54, 1.807) is 24.3 Å². The lowest BCUT2D eigenvalue weighted by Crippen LogP contribution is -2.24. The van der Waals surface area contributed by atoms with Crippen molar-refractivity contribution in [2.45, 2.75) is 6.48 Å². The molecule has 0 saturated carbocycles. The Labute approximate surface area is 133 Å². The molecule has 0 amide bonds. The summed E-state index contributed by atoms with van der Waals surface area (Å²) < 4.78 is 15.3. The zero-order chi connectivity index (χ0) is 15.7. The molecule has 1 heterocycles. The average molecular weight is 365 g/mol. The maximum atomic E-state index is 12.5. The van der Waals surface area contributed by atoms with Crippen LogP contribution in [0, 0.1) is 0 Å². The van der Waals surface area contributed by atoms with E-state index in [-0.39, 0.29) is 11.5 Å². The zero-order valence-corrected chi connectivity index (χ0v) is 12.6. The number of fused-ring (bicyclic) bond motifs is 1. The highest BCUT2D eigenvalue weighted by Gasteiger charge is 2.30. The van der Waals surface area contributed by atoms with Gasteiger partial charge in [0.1, 0.15) is 0 Å². The highest BCUT2D eigenvalue weighted by Crippen LogP contribution is 2.39. The lowest BCUT2D eigenvalue weighted by Gasteiger charge is -2.06. The first-order chi connectivity index (χ1) is 10.5. The molecular formula is C15H9BrO6. The van der Waals surface area contributed by atoms with Crippen LogP contribution in [0.2, 0.25) is 0 Å². The van der Waals surface area contributed by atoms with Crippen LogP contribution in [0.25, 0.3) is 0 Å². The van der Waals surface area contributed by atoms with Crippen LogP contribution in [-0.2, 0) is 4.74 Å². The third-order valence-electron chi connectivity index (χ3n) is 2.96. The van der Waals surface area contributed by atoms with Crippen LogP contribution in [-0.4, -0.2) is 23.5 Å². The lowest BCUT2D eigenvalue weighted by atomic mass is 10.0. The first-order valence-corrected chi connectivity index (χ1v) is 7.00. The summed E-state index contributed by atoms with van der Waals surface area (Å²) in [6, 6.07) is 11.8. The fourth-order valence-electron chi connectivity index (χ4n) is 2.00. The highest BCUT2D eigenvalue weighted by molar-refractivity contribution is 9.10. The normalized spacial score (nSPS) is 15.4. The molecule has 0 bridgehead atoms. The van der Waals surface area contributed by atoms with Crippen molar-refractivity contribution >= 4 is 27.9 Å². The molecule has 2 aromatic carbocycles. The second-order valence-electron chi connectivity index (χ2n) is 4.38. The van der Waals surface area contributed by atoms with Crippen molar-refractivity contribution in [3.8, 4) is 11.5 Å². The van der Waals surface area contributed by atoms with Crippen LogP contribution in [0.3, 0.4) is 0 Å². The number of ketones is 1. The Morgan fingerprint density at radius 1 is 1.09 bits per heavy atom. The van der Waals surface area contributed by atoms with Crippen LogP contribution < -0.4 is 9.47 Å². The van der Waals surface area contributed by atoms with Gasteiger partial charge in [0.05, 0.1) is 0 Å². The molecule has 0 radical (unpaired) electrons. The van der Waals surface area contributed by atoms with Gasteiger partial charge < -0.3 is 19.3 Å². The lowest BCUT2D eigenvalue weighted by molar-refractivity contribution is -0.147. The van der Waals surface area contributed by atoms with Gasteiger partial charge in [0.2, 0.25) is 0 Å². The van der Waals surface area contributed by atoms with Crippen molar-refractivity contribution in [3.63, 3.8) is 0 Å². The SMILES string of the molecule is O=C(O)OC1Oc2cc(Br)c(C(=O)c3ccccc3)cc2O1. The summed E-state index contributed by atoms with van der Waals surface area (Å²) in [5.74, 6) is 0.345. The minimum atomic E-state index is -1.52. The van der Waals surface area contributed by atoms with Crippen LogP contribution >= 0.6 is 15.9 Å². The van der Waals surface area contributed by atoms with Gasteiger partial charge in [-0.3, -0.25) is 4.79 Å². The van der Waals surface area contributed by atoms with Crippen molar-refractivity contribution in [2.75, 3.05) is 0 Å². The number of ether oxygens (including phenoxy) is 3. The molecule has 1 atom stereocenters. The number of carboxylic acid groups (broad SMARTS) is 1. The summed E-state index contributed by atoms with van der Waals surface area (Å²) in [6.45, 7) is -1.37. The topological polar surface area (TPSA) is 82.1 Å². The van der Waals surface area contributed by atoms with Gasteiger partial charge in [-0.25, -0.2) is 4.79 Å². The van der Waals surface area contributed by atoms with Crippen LogP contribution in [0.5, 0.6) is 11.5 Å². The van der Waals surface area contributed by atoms with Gasteiger partial charge in [-0.15, -0.1) is 0 Å². The van der Waals surface area contributed by atoms with E-state index in [2.05, 4.69) is 20.7 Å². The van der Waals surface area contributed by atoms with Crippen molar-refractivity contribution in [3.05, 3.63) is 58.1 Å². The van der Waals surface area contributed by atoms with Gasteiger partial charge in [-0.2, -0.15) is 0 Å². The summed E-state index contributed by atoms with van der Waals surface area (Å²) in [7, 11) is 0.